The van der Waals surface area contributed by atoms with E-state index in [4.69, 9.17) is 18.0 Å². The molecule has 2 rings (SSSR count). The third kappa shape index (κ3) is 1.99. The van der Waals surface area contributed by atoms with Gasteiger partial charge in [0.05, 0.1) is 10.4 Å². The normalized spacial score (nSPS) is 24.3. The topological polar surface area (TPSA) is 55.1 Å². The van der Waals surface area contributed by atoms with Crippen LogP contribution in [0.15, 0.2) is 0 Å². The van der Waals surface area contributed by atoms with E-state index in [1.807, 2.05) is 11.8 Å². The Morgan fingerprint density at radius 3 is 2.40 bits per heavy atom. The van der Waals surface area contributed by atoms with Crippen molar-refractivity contribution < 1.29 is 4.79 Å². The summed E-state index contributed by atoms with van der Waals surface area (Å²) in [6, 6.07) is 0. The van der Waals surface area contributed by atoms with E-state index in [0.717, 1.165) is 19.4 Å². The number of thiocarbonyl (C=S) groups is 1. The molecule has 2 saturated carbocycles. The van der Waals surface area contributed by atoms with Gasteiger partial charge in [0.25, 0.3) is 0 Å². The average Bonchev–Trinajstić information content (AvgIpc) is 3.09. The maximum atomic E-state index is 11.9. The van der Waals surface area contributed by atoms with E-state index in [9.17, 15) is 4.79 Å². The molecule has 0 unspecified atom stereocenters. The molecule has 84 valence electrons. The van der Waals surface area contributed by atoms with Crippen LogP contribution in [-0.4, -0.2) is 28.4 Å². The fourth-order valence-corrected chi connectivity index (χ4v) is 2.74. The van der Waals surface area contributed by atoms with Gasteiger partial charge >= 0.3 is 0 Å². The molecular weight excluding hydrogens is 228 g/mol. The molecule has 2 aliphatic carbocycles. The fraction of sp³-hybridized carbons (Fsp3) is 0.800. The molecule has 0 aromatic carbocycles. The average molecular weight is 244 g/mol. The van der Waals surface area contributed by atoms with Gasteiger partial charge in [0.2, 0.25) is 5.91 Å². The first-order valence-corrected chi connectivity index (χ1v) is 6.81. The predicted molar refractivity (Wildman–Crippen MR) is 66.9 cm³/mol. The van der Waals surface area contributed by atoms with Gasteiger partial charge in [-0.3, -0.25) is 4.79 Å². The summed E-state index contributed by atoms with van der Waals surface area (Å²) in [6.45, 7) is 0.761. The predicted octanol–water partition coefficient (Wildman–Crippen LogP) is 1.06. The summed E-state index contributed by atoms with van der Waals surface area (Å²) in [4.78, 5) is 12.2. The second kappa shape index (κ2) is 3.63. The highest BCUT2D eigenvalue weighted by molar-refractivity contribution is 8.00. The molecular formula is C10H16N2OS2. The van der Waals surface area contributed by atoms with Crippen LogP contribution >= 0.6 is 24.0 Å². The van der Waals surface area contributed by atoms with Crippen molar-refractivity contribution in [2.75, 3.05) is 12.8 Å². The second-order valence-electron chi connectivity index (χ2n) is 4.52. The van der Waals surface area contributed by atoms with E-state index in [-0.39, 0.29) is 5.91 Å². The minimum Gasteiger partial charge on any atom is -0.392 e. The number of nitrogens with one attached hydrogen (secondary N) is 1. The summed E-state index contributed by atoms with van der Waals surface area (Å²) in [5, 5.41) is 2.99. The van der Waals surface area contributed by atoms with Crippen LogP contribution in [-0.2, 0) is 4.79 Å². The van der Waals surface area contributed by atoms with Crippen molar-refractivity contribution in [3.8, 4) is 0 Å². The Hall–Kier alpha value is -0.290. The first-order chi connectivity index (χ1) is 7.05. The molecule has 3 N–H and O–H groups in total. The molecule has 0 aromatic rings. The lowest BCUT2D eigenvalue weighted by molar-refractivity contribution is -0.124. The third-order valence-corrected chi connectivity index (χ3v) is 5.28. The van der Waals surface area contributed by atoms with Crippen molar-refractivity contribution in [2.24, 2.45) is 11.1 Å². The number of rotatable bonds is 5. The van der Waals surface area contributed by atoms with E-state index < -0.39 is 5.41 Å². The zero-order chi connectivity index (χ0) is 11.1. The van der Waals surface area contributed by atoms with Crippen LogP contribution in [0.25, 0.3) is 0 Å². The van der Waals surface area contributed by atoms with Crippen LogP contribution in [0.4, 0.5) is 0 Å². The van der Waals surface area contributed by atoms with Crippen molar-refractivity contribution in [1.82, 2.24) is 5.32 Å². The minimum absolute atomic E-state index is 0.0373. The monoisotopic (exact) mass is 244 g/mol. The van der Waals surface area contributed by atoms with Crippen molar-refractivity contribution >= 4 is 34.9 Å². The fourth-order valence-electron chi connectivity index (χ4n) is 1.71. The lowest BCUT2D eigenvalue weighted by Gasteiger charge is -2.17. The second-order valence-corrected chi connectivity index (χ2v) is 6.23. The number of hydrogen-bond acceptors (Lipinski definition) is 3. The van der Waals surface area contributed by atoms with E-state index in [1.165, 1.54) is 12.8 Å². The van der Waals surface area contributed by atoms with Gasteiger partial charge in [0, 0.05) is 11.3 Å². The molecule has 0 bridgehead atoms. The van der Waals surface area contributed by atoms with Gasteiger partial charge in [0.1, 0.15) is 0 Å². The summed E-state index contributed by atoms with van der Waals surface area (Å²) in [6.07, 6.45) is 6.14. The van der Waals surface area contributed by atoms with Crippen LogP contribution < -0.4 is 11.1 Å². The van der Waals surface area contributed by atoms with E-state index in [2.05, 4.69) is 11.6 Å². The number of hydrogen-bond donors (Lipinski definition) is 2. The number of thioether (sulfide) groups is 1. The third-order valence-electron chi connectivity index (χ3n) is 3.47. The first-order valence-electron chi connectivity index (χ1n) is 5.18. The molecule has 0 atom stereocenters. The van der Waals surface area contributed by atoms with Gasteiger partial charge in [-0.05, 0) is 31.9 Å². The maximum absolute atomic E-state index is 11.9. The molecule has 0 saturated heterocycles. The van der Waals surface area contributed by atoms with Crippen molar-refractivity contribution in [2.45, 2.75) is 30.4 Å². The molecule has 0 aliphatic heterocycles. The Morgan fingerprint density at radius 2 is 2.07 bits per heavy atom. The molecule has 5 heteroatoms. The molecule has 1 amide bonds. The van der Waals surface area contributed by atoms with Crippen LogP contribution in [0, 0.1) is 5.41 Å². The Bertz CT molecular complexity index is 309. The Morgan fingerprint density at radius 1 is 1.47 bits per heavy atom. The number of amides is 1. The van der Waals surface area contributed by atoms with Gasteiger partial charge < -0.3 is 11.1 Å². The number of carbonyl (C=O) groups is 1. The largest absolute Gasteiger partial charge is 0.392 e. The molecule has 3 nitrogen and oxygen atoms in total. The smallest absolute Gasteiger partial charge is 0.233 e. The molecule has 0 radical (unpaired) electrons. The number of carbonyl (C=O) groups excluding carboxylic acids is 1. The van der Waals surface area contributed by atoms with E-state index >= 15 is 0 Å². The van der Waals surface area contributed by atoms with Gasteiger partial charge in [-0.2, -0.15) is 11.8 Å². The van der Waals surface area contributed by atoms with E-state index in [0.29, 0.717) is 9.74 Å². The van der Waals surface area contributed by atoms with Crippen LogP contribution in [0.3, 0.4) is 0 Å². The number of nitrogens with two attached hydrogens (primary N) is 1. The van der Waals surface area contributed by atoms with Crippen molar-refractivity contribution in [1.29, 1.82) is 0 Å². The molecule has 15 heavy (non-hydrogen) atoms. The molecule has 0 heterocycles. The molecule has 0 aromatic heterocycles. The Balaban J connectivity index is 1.86. The van der Waals surface area contributed by atoms with Crippen molar-refractivity contribution in [3.63, 3.8) is 0 Å². The molecule has 0 spiro atoms. The quantitative estimate of drug-likeness (QED) is 0.710. The van der Waals surface area contributed by atoms with Gasteiger partial charge in [0.15, 0.2) is 0 Å². The molecule has 2 aliphatic rings. The highest BCUT2D eigenvalue weighted by atomic mass is 32.2. The summed E-state index contributed by atoms with van der Waals surface area (Å²) in [5.41, 5.74) is 5.09. The van der Waals surface area contributed by atoms with Crippen molar-refractivity contribution in [3.05, 3.63) is 0 Å². The summed E-state index contributed by atoms with van der Waals surface area (Å²) in [5.74, 6) is 0.0373. The SMILES string of the molecule is CSC1(CNC(=O)C2(C(N)=S)CC2)CC1. The van der Waals surface area contributed by atoms with Crippen LogP contribution in [0.1, 0.15) is 25.7 Å². The lowest BCUT2D eigenvalue weighted by atomic mass is 10.1. The standard InChI is InChI=1S/C10H16N2OS2/c1-15-9(2-3-9)6-12-8(13)10(4-5-10)7(11)14/h2-6H2,1H3,(H2,11,14)(H,12,13). The highest BCUT2D eigenvalue weighted by Gasteiger charge is 2.53. The van der Waals surface area contributed by atoms with Crippen LogP contribution in [0.5, 0.6) is 0 Å². The van der Waals surface area contributed by atoms with E-state index in [1.54, 1.807) is 0 Å². The van der Waals surface area contributed by atoms with Gasteiger partial charge in [-0.15, -0.1) is 0 Å². The van der Waals surface area contributed by atoms with Gasteiger partial charge in [-0.1, -0.05) is 12.2 Å². The molecule has 2 fully saturated rings. The summed E-state index contributed by atoms with van der Waals surface area (Å²) >= 11 is 6.77. The van der Waals surface area contributed by atoms with Gasteiger partial charge in [-0.25, -0.2) is 0 Å². The minimum atomic E-state index is -0.496. The lowest BCUT2D eigenvalue weighted by Crippen LogP contribution is -2.42. The zero-order valence-corrected chi connectivity index (χ0v) is 10.5. The Kier molecular flexibility index (Phi) is 2.71. The zero-order valence-electron chi connectivity index (χ0n) is 8.84. The van der Waals surface area contributed by atoms with Crippen LogP contribution in [0.2, 0.25) is 0 Å². The maximum Gasteiger partial charge on any atom is 0.233 e. The Labute approximate surface area is 99.5 Å². The highest BCUT2D eigenvalue weighted by Crippen LogP contribution is 2.48. The first kappa shape index (κ1) is 11.2. The summed E-state index contributed by atoms with van der Waals surface area (Å²) in [7, 11) is 0. The summed E-state index contributed by atoms with van der Waals surface area (Å²) < 4.78 is 0.307.